The number of thiazole rings is 1. The molecule has 0 aliphatic heterocycles. The standard InChI is InChI=1S/C21H19N3O3S/c1-3-20-22-18(13-28-20)14-4-6-15(7-5-14)21-23-19(27-24-21)12-26-17-10-8-16(25-2)9-11-17/h4-11,13H,3,12H2,1-2H3. The van der Waals surface area contributed by atoms with Crippen molar-refractivity contribution in [3.8, 4) is 34.1 Å². The van der Waals surface area contributed by atoms with Crippen molar-refractivity contribution in [1.29, 1.82) is 0 Å². The molecule has 0 aliphatic rings. The van der Waals surface area contributed by atoms with E-state index in [4.69, 9.17) is 14.0 Å². The van der Waals surface area contributed by atoms with Crippen LogP contribution in [0.2, 0.25) is 0 Å². The lowest BCUT2D eigenvalue weighted by Crippen LogP contribution is -1.95. The third kappa shape index (κ3) is 4.04. The molecule has 0 bridgehead atoms. The number of hydrogen-bond acceptors (Lipinski definition) is 7. The van der Waals surface area contributed by atoms with Gasteiger partial charge in [0.2, 0.25) is 5.82 Å². The first-order valence-electron chi connectivity index (χ1n) is 8.90. The zero-order valence-electron chi connectivity index (χ0n) is 15.6. The molecule has 0 spiro atoms. The number of benzene rings is 2. The summed E-state index contributed by atoms with van der Waals surface area (Å²) in [5.41, 5.74) is 2.95. The molecule has 0 fully saturated rings. The van der Waals surface area contributed by atoms with Crippen LogP contribution in [0.3, 0.4) is 0 Å². The molecule has 0 N–H and O–H groups in total. The van der Waals surface area contributed by atoms with Gasteiger partial charge in [-0.2, -0.15) is 4.98 Å². The minimum absolute atomic E-state index is 0.204. The molecular formula is C21H19N3O3S. The van der Waals surface area contributed by atoms with Crippen molar-refractivity contribution >= 4 is 11.3 Å². The van der Waals surface area contributed by atoms with Gasteiger partial charge in [-0.25, -0.2) is 4.98 Å². The Balaban J connectivity index is 1.41. The first-order chi connectivity index (χ1) is 13.7. The van der Waals surface area contributed by atoms with Gasteiger partial charge < -0.3 is 14.0 Å². The monoisotopic (exact) mass is 393 g/mol. The van der Waals surface area contributed by atoms with Crippen LogP contribution in [0.4, 0.5) is 0 Å². The summed E-state index contributed by atoms with van der Waals surface area (Å²) in [4.78, 5) is 9.02. The third-order valence-electron chi connectivity index (χ3n) is 4.18. The van der Waals surface area contributed by atoms with E-state index in [1.165, 1.54) is 0 Å². The molecule has 0 unspecified atom stereocenters. The van der Waals surface area contributed by atoms with E-state index in [2.05, 4.69) is 27.4 Å². The molecule has 6 nitrogen and oxygen atoms in total. The Morgan fingerprint density at radius 3 is 2.32 bits per heavy atom. The first-order valence-corrected chi connectivity index (χ1v) is 9.78. The zero-order chi connectivity index (χ0) is 19.3. The number of methoxy groups -OCH3 is 1. The van der Waals surface area contributed by atoms with E-state index in [0.29, 0.717) is 17.5 Å². The summed E-state index contributed by atoms with van der Waals surface area (Å²) in [5, 5.41) is 7.26. The number of nitrogens with zero attached hydrogens (tertiary/aromatic N) is 3. The number of hydrogen-bond donors (Lipinski definition) is 0. The molecule has 2 aromatic carbocycles. The van der Waals surface area contributed by atoms with Crippen LogP contribution in [-0.2, 0) is 13.0 Å². The lowest BCUT2D eigenvalue weighted by atomic mass is 10.1. The summed E-state index contributed by atoms with van der Waals surface area (Å²) >= 11 is 1.68. The van der Waals surface area contributed by atoms with E-state index in [-0.39, 0.29) is 6.61 Å². The molecule has 28 heavy (non-hydrogen) atoms. The van der Waals surface area contributed by atoms with Crippen LogP contribution in [0.15, 0.2) is 58.4 Å². The van der Waals surface area contributed by atoms with Gasteiger partial charge in [0.15, 0.2) is 6.61 Å². The molecule has 0 saturated heterocycles. The quantitative estimate of drug-likeness (QED) is 0.440. The van der Waals surface area contributed by atoms with E-state index < -0.39 is 0 Å². The molecule has 142 valence electrons. The molecule has 0 radical (unpaired) electrons. The van der Waals surface area contributed by atoms with E-state index in [9.17, 15) is 0 Å². The van der Waals surface area contributed by atoms with Crippen molar-refractivity contribution in [3.63, 3.8) is 0 Å². The van der Waals surface area contributed by atoms with Gasteiger partial charge in [-0.05, 0) is 30.7 Å². The first kappa shape index (κ1) is 18.2. The molecule has 2 aromatic heterocycles. The zero-order valence-corrected chi connectivity index (χ0v) is 16.4. The summed E-state index contributed by atoms with van der Waals surface area (Å²) < 4.78 is 16.1. The van der Waals surface area contributed by atoms with Crippen LogP contribution in [0.25, 0.3) is 22.6 Å². The summed E-state index contributed by atoms with van der Waals surface area (Å²) in [7, 11) is 1.63. The van der Waals surface area contributed by atoms with Gasteiger partial charge in [0.1, 0.15) is 11.5 Å². The summed E-state index contributed by atoms with van der Waals surface area (Å²) in [6, 6.07) is 15.3. The Bertz CT molecular complexity index is 1040. The number of aryl methyl sites for hydroxylation is 1. The Morgan fingerprint density at radius 1 is 0.929 bits per heavy atom. The average Bonchev–Trinajstić information content (AvgIpc) is 3.42. The van der Waals surface area contributed by atoms with Gasteiger partial charge >= 0.3 is 0 Å². The number of aromatic nitrogens is 3. The maximum absolute atomic E-state index is 5.67. The molecule has 4 aromatic rings. The van der Waals surface area contributed by atoms with Crippen molar-refractivity contribution < 1.29 is 14.0 Å². The lowest BCUT2D eigenvalue weighted by molar-refractivity contribution is 0.242. The minimum Gasteiger partial charge on any atom is -0.497 e. The highest BCUT2D eigenvalue weighted by molar-refractivity contribution is 7.09. The SMILES string of the molecule is CCc1nc(-c2ccc(-c3noc(COc4ccc(OC)cc4)n3)cc2)cs1. The Hall–Kier alpha value is -3.19. The molecule has 0 amide bonds. The van der Waals surface area contributed by atoms with Gasteiger partial charge in [-0.3, -0.25) is 0 Å². The summed E-state index contributed by atoms with van der Waals surface area (Å²) in [5.74, 6) is 2.44. The third-order valence-corrected chi connectivity index (χ3v) is 5.18. The van der Waals surface area contributed by atoms with Crippen molar-refractivity contribution in [2.24, 2.45) is 0 Å². The molecule has 0 saturated carbocycles. The number of ether oxygens (including phenoxy) is 2. The van der Waals surface area contributed by atoms with Crippen LogP contribution >= 0.6 is 11.3 Å². The Morgan fingerprint density at radius 2 is 1.64 bits per heavy atom. The van der Waals surface area contributed by atoms with Gasteiger partial charge in [0.25, 0.3) is 5.89 Å². The molecule has 7 heteroatoms. The van der Waals surface area contributed by atoms with E-state index >= 15 is 0 Å². The smallest absolute Gasteiger partial charge is 0.264 e. The lowest BCUT2D eigenvalue weighted by Gasteiger charge is -2.04. The molecule has 0 atom stereocenters. The van der Waals surface area contributed by atoms with Gasteiger partial charge in [-0.1, -0.05) is 36.3 Å². The number of rotatable bonds is 7. The minimum atomic E-state index is 0.204. The summed E-state index contributed by atoms with van der Waals surface area (Å²) in [6.45, 7) is 2.31. The molecule has 4 rings (SSSR count). The van der Waals surface area contributed by atoms with Crippen LogP contribution in [-0.4, -0.2) is 22.2 Å². The largest absolute Gasteiger partial charge is 0.497 e. The fourth-order valence-corrected chi connectivity index (χ4v) is 3.40. The topological polar surface area (TPSA) is 70.3 Å². The predicted molar refractivity (Wildman–Crippen MR) is 108 cm³/mol. The summed E-state index contributed by atoms with van der Waals surface area (Å²) in [6.07, 6.45) is 0.951. The van der Waals surface area contributed by atoms with Gasteiger partial charge in [0.05, 0.1) is 17.8 Å². The highest BCUT2D eigenvalue weighted by Gasteiger charge is 2.10. The van der Waals surface area contributed by atoms with Crippen LogP contribution in [0.5, 0.6) is 11.5 Å². The van der Waals surface area contributed by atoms with E-state index in [0.717, 1.165) is 34.0 Å². The van der Waals surface area contributed by atoms with Crippen LogP contribution in [0, 0.1) is 0 Å². The maximum Gasteiger partial charge on any atom is 0.264 e. The van der Waals surface area contributed by atoms with Crippen molar-refractivity contribution in [2.75, 3.05) is 7.11 Å². The second kappa shape index (κ2) is 8.22. The Kier molecular flexibility index (Phi) is 5.34. The van der Waals surface area contributed by atoms with Crippen LogP contribution < -0.4 is 9.47 Å². The molecule has 0 aliphatic carbocycles. The Labute approximate surface area is 166 Å². The highest BCUT2D eigenvalue weighted by atomic mass is 32.1. The van der Waals surface area contributed by atoms with Gasteiger partial charge in [0, 0.05) is 16.5 Å². The second-order valence-electron chi connectivity index (χ2n) is 6.03. The van der Waals surface area contributed by atoms with Crippen molar-refractivity contribution in [2.45, 2.75) is 20.0 Å². The molecule has 2 heterocycles. The fraction of sp³-hybridized carbons (Fsp3) is 0.190. The average molecular weight is 393 g/mol. The van der Waals surface area contributed by atoms with Gasteiger partial charge in [-0.15, -0.1) is 11.3 Å². The van der Waals surface area contributed by atoms with Crippen LogP contribution in [0.1, 0.15) is 17.8 Å². The highest BCUT2D eigenvalue weighted by Crippen LogP contribution is 2.25. The van der Waals surface area contributed by atoms with E-state index in [1.54, 1.807) is 18.4 Å². The normalized spacial score (nSPS) is 10.8. The fourth-order valence-electron chi connectivity index (χ4n) is 2.64. The maximum atomic E-state index is 5.67. The van der Waals surface area contributed by atoms with Crippen molar-refractivity contribution in [3.05, 3.63) is 64.8 Å². The van der Waals surface area contributed by atoms with E-state index in [1.807, 2.05) is 48.5 Å². The predicted octanol–water partition coefficient (Wildman–Crippen LogP) is 5.01. The van der Waals surface area contributed by atoms with Crippen molar-refractivity contribution in [1.82, 2.24) is 15.1 Å². The second-order valence-corrected chi connectivity index (χ2v) is 6.98. The molecular weight excluding hydrogens is 374 g/mol.